The Bertz CT molecular complexity index is 352. The summed E-state index contributed by atoms with van der Waals surface area (Å²) in [6.07, 6.45) is 1.21. The zero-order chi connectivity index (χ0) is 11.4. The fourth-order valence-electron chi connectivity index (χ4n) is 1.97. The molecule has 0 spiro atoms. The van der Waals surface area contributed by atoms with Crippen molar-refractivity contribution in [1.29, 1.82) is 0 Å². The molecule has 0 aliphatic carbocycles. The maximum Gasteiger partial charge on any atom is 0.0451 e. The fraction of sp³-hybridized carbons (Fsp3) is 0.500. The highest BCUT2D eigenvalue weighted by molar-refractivity contribution is 9.10. The molecule has 0 radical (unpaired) electrons. The van der Waals surface area contributed by atoms with Gasteiger partial charge in [-0.05, 0) is 43.3 Å². The predicted molar refractivity (Wildman–Crippen MR) is 79.2 cm³/mol. The molecule has 0 aromatic heterocycles. The van der Waals surface area contributed by atoms with Crippen molar-refractivity contribution in [2.24, 2.45) is 0 Å². The SMILES string of the molecule is Cl.Clc1ccc(Br)cc1CN1CCCNCC1. The average Bonchev–Trinajstić information content (AvgIpc) is 2.52. The van der Waals surface area contributed by atoms with E-state index in [-0.39, 0.29) is 12.4 Å². The average molecular weight is 340 g/mol. The number of hydrogen-bond donors (Lipinski definition) is 1. The molecule has 0 bridgehead atoms. The first-order chi connectivity index (χ1) is 7.75. The Morgan fingerprint density at radius 3 is 2.94 bits per heavy atom. The van der Waals surface area contributed by atoms with E-state index in [1.54, 1.807) is 0 Å². The number of hydrogen-bond acceptors (Lipinski definition) is 2. The van der Waals surface area contributed by atoms with Gasteiger partial charge in [0.1, 0.15) is 0 Å². The van der Waals surface area contributed by atoms with E-state index < -0.39 is 0 Å². The molecule has 0 atom stereocenters. The van der Waals surface area contributed by atoms with Crippen molar-refractivity contribution in [3.63, 3.8) is 0 Å². The third kappa shape index (κ3) is 4.76. The van der Waals surface area contributed by atoms with Crippen molar-refractivity contribution in [2.45, 2.75) is 13.0 Å². The van der Waals surface area contributed by atoms with Gasteiger partial charge in [0.25, 0.3) is 0 Å². The molecule has 1 aromatic carbocycles. The molecule has 0 amide bonds. The second-order valence-electron chi connectivity index (χ2n) is 4.12. The van der Waals surface area contributed by atoms with Gasteiger partial charge in [-0.15, -0.1) is 12.4 Å². The molecule has 0 unspecified atom stereocenters. The first-order valence-corrected chi connectivity index (χ1v) is 6.80. The Hall–Kier alpha value is 0.200. The summed E-state index contributed by atoms with van der Waals surface area (Å²) in [5.74, 6) is 0. The van der Waals surface area contributed by atoms with E-state index >= 15 is 0 Å². The molecule has 2 rings (SSSR count). The van der Waals surface area contributed by atoms with Crippen LogP contribution in [0.4, 0.5) is 0 Å². The lowest BCUT2D eigenvalue weighted by Crippen LogP contribution is -2.27. The van der Waals surface area contributed by atoms with Crippen LogP contribution in [0.3, 0.4) is 0 Å². The first kappa shape index (κ1) is 15.3. The van der Waals surface area contributed by atoms with Crippen LogP contribution in [0.25, 0.3) is 0 Å². The van der Waals surface area contributed by atoms with E-state index in [9.17, 15) is 0 Å². The summed E-state index contributed by atoms with van der Waals surface area (Å²) in [6.45, 7) is 5.40. The number of nitrogens with one attached hydrogen (secondary N) is 1. The lowest BCUT2D eigenvalue weighted by Gasteiger charge is -2.20. The van der Waals surface area contributed by atoms with Crippen molar-refractivity contribution >= 4 is 39.9 Å². The standard InChI is InChI=1S/C12H16BrClN2.ClH/c13-11-2-3-12(14)10(8-11)9-16-6-1-4-15-5-7-16;/h2-3,8,15H,1,4-7,9H2;1H. The van der Waals surface area contributed by atoms with Gasteiger partial charge in [0.15, 0.2) is 0 Å². The van der Waals surface area contributed by atoms with Gasteiger partial charge in [0.05, 0.1) is 0 Å². The quantitative estimate of drug-likeness (QED) is 0.889. The van der Waals surface area contributed by atoms with Crippen LogP contribution in [0.5, 0.6) is 0 Å². The summed E-state index contributed by atoms with van der Waals surface area (Å²) in [6, 6.07) is 6.05. The second-order valence-corrected chi connectivity index (χ2v) is 5.44. The largest absolute Gasteiger partial charge is 0.315 e. The van der Waals surface area contributed by atoms with E-state index in [4.69, 9.17) is 11.6 Å². The molecule has 1 aliphatic rings. The number of halogens is 3. The molecule has 1 aromatic rings. The number of rotatable bonds is 2. The summed E-state index contributed by atoms with van der Waals surface area (Å²) < 4.78 is 1.10. The Balaban J connectivity index is 0.00000144. The van der Waals surface area contributed by atoms with E-state index in [1.165, 1.54) is 12.0 Å². The van der Waals surface area contributed by atoms with E-state index in [1.807, 2.05) is 12.1 Å². The van der Waals surface area contributed by atoms with Crippen molar-refractivity contribution < 1.29 is 0 Å². The summed E-state index contributed by atoms with van der Waals surface area (Å²) in [7, 11) is 0. The van der Waals surface area contributed by atoms with Gasteiger partial charge in [-0.1, -0.05) is 27.5 Å². The summed E-state index contributed by atoms with van der Waals surface area (Å²) in [5.41, 5.74) is 1.21. The smallest absolute Gasteiger partial charge is 0.0451 e. The molecule has 96 valence electrons. The highest BCUT2D eigenvalue weighted by Gasteiger charge is 2.10. The molecule has 2 nitrogen and oxygen atoms in total. The molecule has 1 saturated heterocycles. The summed E-state index contributed by atoms with van der Waals surface area (Å²) in [5, 5.41) is 4.27. The molecule has 17 heavy (non-hydrogen) atoms. The zero-order valence-electron chi connectivity index (χ0n) is 9.59. The van der Waals surface area contributed by atoms with Gasteiger partial charge in [-0.2, -0.15) is 0 Å². The highest BCUT2D eigenvalue weighted by atomic mass is 79.9. The normalized spacial score (nSPS) is 17.3. The monoisotopic (exact) mass is 338 g/mol. The number of benzene rings is 1. The second kappa shape index (κ2) is 7.59. The molecular weight excluding hydrogens is 323 g/mol. The third-order valence-electron chi connectivity index (χ3n) is 2.83. The van der Waals surface area contributed by atoms with Gasteiger partial charge in [0.2, 0.25) is 0 Å². The van der Waals surface area contributed by atoms with Crippen molar-refractivity contribution in [1.82, 2.24) is 10.2 Å². The molecule has 5 heteroatoms. The van der Waals surface area contributed by atoms with Gasteiger partial charge in [0, 0.05) is 29.1 Å². The topological polar surface area (TPSA) is 15.3 Å². The Labute approximate surface area is 122 Å². The predicted octanol–water partition coefficient (Wildman–Crippen LogP) is 3.32. The van der Waals surface area contributed by atoms with Gasteiger partial charge in [-0.3, -0.25) is 4.90 Å². The van der Waals surface area contributed by atoms with Crippen LogP contribution in [0, 0.1) is 0 Å². The van der Waals surface area contributed by atoms with Gasteiger partial charge < -0.3 is 5.32 Å². The summed E-state index contributed by atoms with van der Waals surface area (Å²) >= 11 is 9.68. The van der Waals surface area contributed by atoms with E-state index in [0.29, 0.717) is 0 Å². The van der Waals surface area contributed by atoms with Crippen LogP contribution in [-0.2, 0) is 6.54 Å². The van der Waals surface area contributed by atoms with Crippen LogP contribution >= 0.6 is 39.9 Å². The van der Waals surface area contributed by atoms with Crippen molar-refractivity contribution in [2.75, 3.05) is 26.2 Å². The molecule has 0 saturated carbocycles. The number of nitrogens with zero attached hydrogens (tertiary/aromatic N) is 1. The Morgan fingerprint density at radius 1 is 1.29 bits per heavy atom. The first-order valence-electron chi connectivity index (χ1n) is 5.63. The molecule has 1 N–H and O–H groups in total. The summed E-state index contributed by atoms with van der Waals surface area (Å²) in [4.78, 5) is 2.45. The minimum absolute atomic E-state index is 0. The Kier molecular flexibility index (Phi) is 6.82. The maximum atomic E-state index is 6.19. The van der Waals surface area contributed by atoms with Gasteiger partial charge in [-0.25, -0.2) is 0 Å². The van der Waals surface area contributed by atoms with Crippen LogP contribution in [0.15, 0.2) is 22.7 Å². The lowest BCUT2D eigenvalue weighted by molar-refractivity contribution is 0.284. The Morgan fingerprint density at radius 2 is 2.12 bits per heavy atom. The van der Waals surface area contributed by atoms with Gasteiger partial charge >= 0.3 is 0 Å². The zero-order valence-corrected chi connectivity index (χ0v) is 12.7. The van der Waals surface area contributed by atoms with Crippen molar-refractivity contribution in [3.8, 4) is 0 Å². The minimum atomic E-state index is 0. The van der Waals surface area contributed by atoms with Crippen LogP contribution < -0.4 is 5.32 Å². The van der Waals surface area contributed by atoms with Crippen LogP contribution in [0.1, 0.15) is 12.0 Å². The molecular formula is C12H17BrCl2N2. The highest BCUT2D eigenvalue weighted by Crippen LogP contribution is 2.22. The fourth-order valence-corrected chi connectivity index (χ4v) is 2.55. The molecule has 1 heterocycles. The van der Waals surface area contributed by atoms with Crippen LogP contribution in [-0.4, -0.2) is 31.1 Å². The van der Waals surface area contributed by atoms with Crippen molar-refractivity contribution in [3.05, 3.63) is 33.3 Å². The molecule has 1 aliphatic heterocycles. The minimum Gasteiger partial charge on any atom is -0.315 e. The molecule has 1 fully saturated rings. The maximum absolute atomic E-state index is 6.19. The van der Waals surface area contributed by atoms with E-state index in [2.05, 4.69) is 32.2 Å². The van der Waals surface area contributed by atoms with E-state index in [0.717, 1.165) is 42.2 Å². The third-order valence-corrected chi connectivity index (χ3v) is 3.70. The van der Waals surface area contributed by atoms with Crippen LogP contribution in [0.2, 0.25) is 5.02 Å². The lowest BCUT2D eigenvalue weighted by atomic mass is 10.2.